The van der Waals surface area contributed by atoms with Gasteiger partial charge in [0, 0.05) is 23.6 Å². The number of aromatic nitrogens is 3. The van der Waals surface area contributed by atoms with Crippen LogP contribution in [-0.4, -0.2) is 21.5 Å². The van der Waals surface area contributed by atoms with Crippen molar-refractivity contribution in [1.29, 1.82) is 0 Å². The number of halogens is 1. The van der Waals surface area contributed by atoms with E-state index in [-0.39, 0.29) is 5.28 Å². The van der Waals surface area contributed by atoms with Gasteiger partial charge in [0.15, 0.2) is 0 Å². The zero-order valence-corrected chi connectivity index (χ0v) is 13.2. The van der Waals surface area contributed by atoms with Crippen LogP contribution >= 0.6 is 22.9 Å². The van der Waals surface area contributed by atoms with Crippen LogP contribution in [0, 0.1) is 0 Å². The van der Waals surface area contributed by atoms with Crippen LogP contribution in [0.25, 0.3) is 21.1 Å². The summed E-state index contributed by atoms with van der Waals surface area (Å²) in [5.74, 6) is 0.802. The normalized spacial score (nSPS) is 11.3. The van der Waals surface area contributed by atoms with E-state index in [2.05, 4.69) is 44.7 Å². The van der Waals surface area contributed by atoms with Crippen molar-refractivity contribution < 1.29 is 0 Å². The number of fused-ring (bicyclic) bond motifs is 2. The fraction of sp³-hybridized carbons (Fsp3) is 0.125. The molecular formula is C16H13ClN4S. The molecule has 110 valence electrons. The predicted molar refractivity (Wildman–Crippen MR) is 92.9 cm³/mol. The molecule has 0 fully saturated rings. The van der Waals surface area contributed by atoms with E-state index >= 15 is 0 Å². The quantitative estimate of drug-likeness (QED) is 0.543. The second-order valence-corrected chi connectivity index (χ2v) is 6.25. The second kappa shape index (κ2) is 5.59. The summed E-state index contributed by atoms with van der Waals surface area (Å²) in [6, 6.07) is 10.3. The maximum atomic E-state index is 5.98. The van der Waals surface area contributed by atoms with Gasteiger partial charge in [0.25, 0.3) is 0 Å². The summed E-state index contributed by atoms with van der Waals surface area (Å²) in [6.45, 7) is 0.792. The van der Waals surface area contributed by atoms with Crippen molar-refractivity contribution in [3.63, 3.8) is 0 Å². The molecule has 4 aromatic rings. The lowest BCUT2D eigenvalue weighted by Crippen LogP contribution is -2.06. The van der Waals surface area contributed by atoms with Gasteiger partial charge in [0.2, 0.25) is 5.28 Å². The van der Waals surface area contributed by atoms with E-state index in [0.717, 1.165) is 29.0 Å². The Labute approximate surface area is 136 Å². The molecule has 3 aromatic heterocycles. The second-order valence-electron chi connectivity index (χ2n) is 5.02. The summed E-state index contributed by atoms with van der Waals surface area (Å²) >= 11 is 7.54. The highest BCUT2D eigenvalue weighted by Gasteiger charge is 2.08. The Hall–Kier alpha value is -2.11. The van der Waals surface area contributed by atoms with Crippen molar-refractivity contribution in [1.82, 2.24) is 15.0 Å². The van der Waals surface area contributed by atoms with Gasteiger partial charge in [0.05, 0.1) is 5.39 Å². The topological polar surface area (TPSA) is 53.6 Å². The number of hydrogen-bond acceptors (Lipinski definition) is 4. The van der Waals surface area contributed by atoms with E-state index in [0.29, 0.717) is 0 Å². The van der Waals surface area contributed by atoms with Crippen molar-refractivity contribution in [2.24, 2.45) is 0 Å². The molecule has 0 radical (unpaired) electrons. The van der Waals surface area contributed by atoms with Crippen LogP contribution in [-0.2, 0) is 6.42 Å². The summed E-state index contributed by atoms with van der Waals surface area (Å²) in [4.78, 5) is 12.7. The molecule has 0 saturated heterocycles. The lowest BCUT2D eigenvalue weighted by molar-refractivity contribution is 1.01. The van der Waals surface area contributed by atoms with Crippen molar-refractivity contribution in [2.45, 2.75) is 6.42 Å². The first-order valence-corrected chi connectivity index (χ1v) is 8.26. The molecule has 0 spiro atoms. The molecule has 6 heteroatoms. The van der Waals surface area contributed by atoms with Gasteiger partial charge in [0.1, 0.15) is 10.6 Å². The van der Waals surface area contributed by atoms with Crippen LogP contribution < -0.4 is 5.32 Å². The predicted octanol–water partition coefficient (Wildman–Crippen LogP) is 4.48. The zero-order valence-electron chi connectivity index (χ0n) is 11.6. The number of thiophene rings is 1. The molecule has 0 aliphatic rings. The number of hydrogen-bond donors (Lipinski definition) is 2. The number of nitrogens with zero attached hydrogens (tertiary/aromatic N) is 2. The molecule has 0 aliphatic carbocycles. The third-order valence-electron chi connectivity index (χ3n) is 3.66. The Morgan fingerprint density at radius 1 is 1.14 bits per heavy atom. The maximum Gasteiger partial charge on any atom is 0.225 e. The van der Waals surface area contributed by atoms with Gasteiger partial charge in [-0.1, -0.05) is 18.2 Å². The van der Waals surface area contributed by atoms with E-state index in [1.165, 1.54) is 16.5 Å². The largest absolute Gasteiger partial charge is 0.369 e. The average Bonchev–Trinajstić information content (AvgIpc) is 3.14. The van der Waals surface area contributed by atoms with Crippen LogP contribution in [0.15, 0.2) is 41.9 Å². The Kier molecular flexibility index (Phi) is 3.44. The highest BCUT2D eigenvalue weighted by molar-refractivity contribution is 7.16. The van der Waals surface area contributed by atoms with Crippen LogP contribution in [0.1, 0.15) is 5.56 Å². The van der Waals surface area contributed by atoms with Gasteiger partial charge in [-0.3, -0.25) is 0 Å². The van der Waals surface area contributed by atoms with Crippen LogP contribution in [0.5, 0.6) is 0 Å². The average molecular weight is 329 g/mol. The monoisotopic (exact) mass is 328 g/mol. The molecule has 0 bridgehead atoms. The molecule has 3 heterocycles. The van der Waals surface area contributed by atoms with Crippen LogP contribution in [0.3, 0.4) is 0 Å². The SMILES string of the molecule is Clc1nc(NCCc2c[nH]c3ccccc23)c2ccsc2n1. The summed E-state index contributed by atoms with van der Waals surface area (Å²) in [5, 5.41) is 7.95. The zero-order chi connectivity index (χ0) is 14.9. The van der Waals surface area contributed by atoms with Crippen molar-refractivity contribution in [3.8, 4) is 0 Å². The number of rotatable bonds is 4. The maximum absolute atomic E-state index is 5.98. The molecule has 22 heavy (non-hydrogen) atoms. The van der Waals surface area contributed by atoms with E-state index in [1.54, 1.807) is 11.3 Å². The standard InChI is InChI=1S/C16H13ClN4S/c17-16-20-14(12-6-8-22-15(12)21-16)18-7-5-10-9-19-13-4-2-1-3-11(10)13/h1-4,6,8-9,19H,5,7H2,(H,18,20,21). The number of benzene rings is 1. The molecule has 0 atom stereocenters. The summed E-state index contributed by atoms with van der Waals surface area (Å²) in [6.07, 6.45) is 2.98. The third-order valence-corrected chi connectivity index (χ3v) is 4.64. The first-order chi connectivity index (χ1) is 10.8. The molecule has 0 unspecified atom stereocenters. The summed E-state index contributed by atoms with van der Waals surface area (Å²) in [7, 11) is 0. The molecule has 0 amide bonds. The molecule has 1 aromatic carbocycles. The number of H-pyrrole nitrogens is 1. The van der Waals surface area contributed by atoms with E-state index < -0.39 is 0 Å². The summed E-state index contributed by atoms with van der Waals surface area (Å²) in [5.41, 5.74) is 2.47. The van der Waals surface area contributed by atoms with E-state index in [4.69, 9.17) is 11.6 Å². The van der Waals surface area contributed by atoms with Gasteiger partial charge in [-0.15, -0.1) is 11.3 Å². The van der Waals surface area contributed by atoms with Crippen LogP contribution in [0.4, 0.5) is 5.82 Å². The van der Waals surface area contributed by atoms with E-state index in [9.17, 15) is 0 Å². The van der Waals surface area contributed by atoms with Gasteiger partial charge in [-0.2, -0.15) is 0 Å². The summed E-state index contributed by atoms with van der Waals surface area (Å²) < 4.78 is 0. The molecule has 0 aliphatic heterocycles. The van der Waals surface area contributed by atoms with Gasteiger partial charge < -0.3 is 10.3 Å². The van der Waals surface area contributed by atoms with Gasteiger partial charge >= 0.3 is 0 Å². The molecule has 0 saturated carbocycles. The number of nitrogens with one attached hydrogen (secondary N) is 2. The number of para-hydroxylation sites is 1. The van der Waals surface area contributed by atoms with Crippen molar-refractivity contribution in [3.05, 3.63) is 52.8 Å². The van der Waals surface area contributed by atoms with Crippen molar-refractivity contribution in [2.75, 3.05) is 11.9 Å². The fourth-order valence-electron chi connectivity index (χ4n) is 2.62. The minimum atomic E-state index is 0.282. The lowest BCUT2D eigenvalue weighted by Gasteiger charge is -2.06. The number of anilines is 1. The van der Waals surface area contributed by atoms with Gasteiger partial charge in [-0.25, -0.2) is 9.97 Å². The third kappa shape index (κ3) is 2.42. The molecule has 2 N–H and O–H groups in total. The fourth-order valence-corrected chi connectivity index (χ4v) is 3.60. The van der Waals surface area contributed by atoms with Crippen molar-refractivity contribution >= 4 is 49.9 Å². The molecular weight excluding hydrogens is 316 g/mol. The van der Waals surface area contributed by atoms with Gasteiger partial charge in [-0.05, 0) is 41.1 Å². The smallest absolute Gasteiger partial charge is 0.225 e. The Bertz CT molecular complexity index is 944. The van der Waals surface area contributed by atoms with E-state index in [1.807, 2.05) is 17.5 Å². The Morgan fingerprint density at radius 3 is 3.00 bits per heavy atom. The Balaban J connectivity index is 1.54. The molecule has 4 rings (SSSR count). The van der Waals surface area contributed by atoms with Crippen LogP contribution in [0.2, 0.25) is 5.28 Å². The minimum Gasteiger partial charge on any atom is -0.369 e. The molecule has 4 nitrogen and oxygen atoms in total. The lowest BCUT2D eigenvalue weighted by atomic mass is 10.1. The highest BCUT2D eigenvalue weighted by atomic mass is 35.5. The first kappa shape index (κ1) is 13.5. The first-order valence-electron chi connectivity index (χ1n) is 7.01. The Morgan fingerprint density at radius 2 is 2.05 bits per heavy atom. The number of aromatic amines is 1. The minimum absolute atomic E-state index is 0.282. The highest BCUT2D eigenvalue weighted by Crippen LogP contribution is 2.26.